The highest BCUT2D eigenvalue weighted by Gasteiger charge is 2.22. The highest BCUT2D eigenvalue weighted by Crippen LogP contribution is 2.36. The fraction of sp³-hybridized carbons (Fsp3) is 0.125. The number of methoxy groups -OCH3 is 1. The van der Waals surface area contributed by atoms with Gasteiger partial charge in [0.1, 0.15) is 11.3 Å². The van der Waals surface area contributed by atoms with E-state index in [0.717, 1.165) is 12.1 Å². The summed E-state index contributed by atoms with van der Waals surface area (Å²) in [6.45, 7) is 0. The largest absolute Gasteiger partial charge is 0.480 e. The molecule has 0 spiro atoms. The van der Waals surface area contributed by atoms with Crippen molar-refractivity contribution < 1.29 is 23.6 Å². The van der Waals surface area contributed by atoms with E-state index >= 15 is 0 Å². The van der Waals surface area contributed by atoms with Crippen molar-refractivity contribution >= 4 is 40.8 Å². The number of amides is 2. The first-order valence-corrected chi connectivity index (χ1v) is 7.98. The Kier molecular flexibility index (Phi) is 6.54. The van der Waals surface area contributed by atoms with Crippen molar-refractivity contribution in [1.82, 2.24) is 5.32 Å². The molecule has 0 saturated carbocycles. The third-order valence-electron chi connectivity index (χ3n) is 3.19. The van der Waals surface area contributed by atoms with Crippen LogP contribution in [0, 0.1) is 15.9 Å². The SMILES string of the molecule is CNC(=O)N=C(OC)c1cc(Oc2c(F)cc(Cl)cc2Cl)ccc1[N+](=O)[O-]. The number of carbonyl (C=O) groups is 1. The Balaban J connectivity index is 2.54. The summed E-state index contributed by atoms with van der Waals surface area (Å²) in [5.41, 5.74) is -0.538. The lowest BCUT2D eigenvalue weighted by atomic mass is 10.1. The fourth-order valence-corrected chi connectivity index (χ4v) is 2.52. The third-order valence-corrected chi connectivity index (χ3v) is 3.69. The highest BCUT2D eigenvalue weighted by atomic mass is 35.5. The average molecular weight is 416 g/mol. The lowest BCUT2D eigenvalue weighted by Gasteiger charge is -2.11. The average Bonchev–Trinajstić information content (AvgIpc) is 2.62. The maximum atomic E-state index is 14.0. The zero-order valence-corrected chi connectivity index (χ0v) is 15.5. The molecule has 0 aromatic heterocycles. The summed E-state index contributed by atoms with van der Waals surface area (Å²) in [4.78, 5) is 25.6. The third kappa shape index (κ3) is 4.83. The molecule has 0 aliphatic rings. The number of rotatable bonds is 4. The van der Waals surface area contributed by atoms with Gasteiger partial charge in [-0.05, 0) is 18.2 Å². The number of halogens is 3. The monoisotopic (exact) mass is 415 g/mol. The lowest BCUT2D eigenvalue weighted by molar-refractivity contribution is -0.385. The Bertz CT molecular complexity index is 913. The zero-order valence-electron chi connectivity index (χ0n) is 14.0. The second kappa shape index (κ2) is 8.65. The van der Waals surface area contributed by atoms with Crippen LogP contribution in [0.1, 0.15) is 5.56 Å². The van der Waals surface area contributed by atoms with Gasteiger partial charge in [-0.2, -0.15) is 4.99 Å². The van der Waals surface area contributed by atoms with Crippen molar-refractivity contribution in [2.75, 3.05) is 14.2 Å². The first-order valence-electron chi connectivity index (χ1n) is 7.22. The van der Waals surface area contributed by atoms with Crippen molar-refractivity contribution in [2.45, 2.75) is 0 Å². The van der Waals surface area contributed by atoms with E-state index in [0.29, 0.717) is 0 Å². The van der Waals surface area contributed by atoms with Gasteiger partial charge in [-0.25, -0.2) is 9.18 Å². The van der Waals surface area contributed by atoms with E-state index in [2.05, 4.69) is 10.3 Å². The van der Waals surface area contributed by atoms with Gasteiger partial charge in [-0.3, -0.25) is 10.1 Å². The van der Waals surface area contributed by atoms with Crippen molar-refractivity contribution in [2.24, 2.45) is 4.99 Å². The van der Waals surface area contributed by atoms with Crippen LogP contribution in [-0.4, -0.2) is 31.0 Å². The molecule has 0 unspecified atom stereocenters. The number of nitrogens with one attached hydrogen (secondary N) is 1. The van der Waals surface area contributed by atoms with E-state index in [1.807, 2.05) is 0 Å². The number of carbonyl (C=O) groups excluding carboxylic acids is 1. The van der Waals surface area contributed by atoms with Crippen LogP contribution in [0.5, 0.6) is 11.5 Å². The zero-order chi connectivity index (χ0) is 20.1. The molecule has 2 aromatic rings. The summed E-state index contributed by atoms with van der Waals surface area (Å²) in [6.07, 6.45) is 0. The van der Waals surface area contributed by atoms with Crippen LogP contribution < -0.4 is 10.1 Å². The Hall–Kier alpha value is -2.91. The standard InChI is InChI=1S/C16H12Cl2FN3O5/c1-20-16(23)21-15(26-2)10-7-9(3-4-13(10)22(24)25)27-14-11(18)5-8(17)6-12(14)19/h3-7H,1-2H3,(H,20,23). The van der Waals surface area contributed by atoms with Gasteiger partial charge in [-0.15, -0.1) is 0 Å². The molecule has 11 heteroatoms. The van der Waals surface area contributed by atoms with Crippen LogP contribution in [0.2, 0.25) is 10.0 Å². The molecule has 0 aliphatic carbocycles. The molecule has 142 valence electrons. The van der Waals surface area contributed by atoms with Crippen LogP contribution in [0.25, 0.3) is 0 Å². The van der Waals surface area contributed by atoms with Crippen LogP contribution in [0.3, 0.4) is 0 Å². The fourth-order valence-electron chi connectivity index (χ4n) is 2.02. The maximum absolute atomic E-state index is 14.0. The number of ether oxygens (including phenoxy) is 2. The summed E-state index contributed by atoms with van der Waals surface area (Å²) < 4.78 is 24.4. The van der Waals surface area contributed by atoms with Crippen LogP contribution in [-0.2, 0) is 4.74 Å². The van der Waals surface area contributed by atoms with Gasteiger partial charge in [0.2, 0.25) is 5.90 Å². The molecule has 0 bridgehead atoms. The van der Waals surface area contributed by atoms with Gasteiger partial charge in [-0.1, -0.05) is 23.2 Å². The van der Waals surface area contributed by atoms with E-state index in [4.69, 9.17) is 32.7 Å². The number of hydrogen-bond acceptors (Lipinski definition) is 5. The number of nitrogens with zero attached hydrogens (tertiary/aromatic N) is 2. The quantitative estimate of drug-likeness (QED) is 0.341. The predicted molar refractivity (Wildman–Crippen MR) is 97.6 cm³/mol. The van der Waals surface area contributed by atoms with Crippen LogP contribution >= 0.6 is 23.2 Å². The maximum Gasteiger partial charge on any atom is 0.343 e. The first kappa shape index (κ1) is 20.4. The molecule has 2 rings (SSSR count). The highest BCUT2D eigenvalue weighted by molar-refractivity contribution is 6.35. The summed E-state index contributed by atoms with van der Waals surface area (Å²) in [5, 5.41) is 13.5. The number of nitro groups is 1. The minimum absolute atomic E-state index is 0.000351. The topological polar surface area (TPSA) is 103 Å². The number of benzene rings is 2. The summed E-state index contributed by atoms with van der Waals surface area (Å²) >= 11 is 11.6. The van der Waals surface area contributed by atoms with Gasteiger partial charge in [0, 0.05) is 24.2 Å². The number of hydrogen-bond donors (Lipinski definition) is 1. The molecular weight excluding hydrogens is 404 g/mol. The molecule has 0 radical (unpaired) electrons. The van der Waals surface area contributed by atoms with Crippen molar-refractivity contribution in [1.29, 1.82) is 0 Å². The molecule has 2 amide bonds. The molecule has 1 N–H and O–H groups in total. The second-order valence-electron chi connectivity index (χ2n) is 4.91. The van der Waals surface area contributed by atoms with Crippen molar-refractivity contribution in [3.63, 3.8) is 0 Å². The molecule has 0 fully saturated rings. The van der Waals surface area contributed by atoms with E-state index in [9.17, 15) is 19.3 Å². The molecule has 0 saturated heterocycles. The molecule has 0 atom stereocenters. The van der Waals surface area contributed by atoms with E-state index < -0.39 is 22.5 Å². The summed E-state index contributed by atoms with van der Waals surface area (Å²) in [6, 6.07) is 5.02. The van der Waals surface area contributed by atoms with Crippen LogP contribution in [0.4, 0.5) is 14.9 Å². The van der Waals surface area contributed by atoms with Gasteiger partial charge in [0.05, 0.1) is 17.1 Å². The number of urea groups is 1. The number of aliphatic imine (C=N–C) groups is 1. The minimum atomic E-state index is -0.821. The van der Waals surface area contributed by atoms with Gasteiger partial charge < -0.3 is 14.8 Å². The van der Waals surface area contributed by atoms with Crippen molar-refractivity contribution in [3.05, 3.63) is 61.9 Å². The Morgan fingerprint density at radius 1 is 1.30 bits per heavy atom. The molecular formula is C16H12Cl2FN3O5. The van der Waals surface area contributed by atoms with Gasteiger partial charge >= 0.3 is 6.03 Å². The predicted octanol–water partition coefficient (Wildman–Crippen LogP) is 4.57. The van der Waals surface area contributed by atoms with E-state index in [1.54, 1.807) is 0 Å². The second-order valence-corrected chi connectivity index (χ2v) is 5.76. The van der Waals surface area contributed by atoms with Crippen molar-refractivity contribution in [3.8, 4) is 11.5 Å². The first-order chi connectivity index (χ1) is 12.8. The molecule has 27 heavy (non-hydrogen) atoms. The molecule has 0 heterocycles. The van der Waals surface area contributed by atoms with Crippen LogP contribution in [0.15, 0.2) is 35.3 Å². The summed E-state index contributed by atoms with van der Waals surface area (Å²) in [7, 11) is 2.52. The Morgan fingerprint density at radius 3 is 2.56 bits per heavy atom. The normalized spacial score (nSPS) is 11.1. The Morgan fingerprint density at radius 2 is 2.00 bits per heavy atom. The molecule has 2 aromatic carbocycles. The van der Waals surface area contributed by atoms with E-state index in [1.165, 1.54) is 32.4 Å². The number of nitro benzene ring substituents is 1. The Labute approximate surface area is 162 Å². The lowest BCUT2D eigenvalue weighted by Crippen LogP contribution is -2.17. The molecule has 8 nitrogen and oxygen atoms in total. The molecule has 0 aliphatic heterocycles. The summed E-state index contributed by atoms with van der Waals surface area (Å²) in [5.74, 6) is -1.46. The van der Waals surface area contributed by atoms with E-state index in [-0.39, 0.29) is 33.0 Å². The van der Waals surface area contributed by atoms with Gasteiger partial charge in [0.25, 0.3) is 5.69 Å². The minimum Gasteiger partial charge on any atom is -0.480 e. The van der Waals surface area contributed by atoms with Gasteiger partial charge in [0.15, 0.2) is 11.6 Å². The smallest absolute Gasteiger partial charge is 0.343 e.